The van der Waals surface area contributed by atoms with Crippen LogP contribution < -0.4 is 0 Å². The third-order valence-electron chi connectivity index (χ3n) is 2.46. The number of rotatable bonds is 3. The molecule has 1 rings (SSSR count). The number of ether oxygens (including phenoxy) is 1. The maximum atomic E-state index is 11.2. The Bertz CT molecular complexity index is 232. The highest BCUT2D eigenvalue weighted by atomic mass is 16.5. The Morgan fingerprint density at radius 2 is 2.31 bits per heavy atom. The molecule has 0 aromatic rings. The van der Waals surface area contributed by atoms with Crippen molar-refractivity contribution in [2.45, 2.75) is 26.7 Å². The van der Waals surface area contributed by atoms with Gasteiger partial charge in [-0.1, -0.05) is 13.8 Å². The third-order valence-corrected chi connectivity index (χ3v) is 2.46. The molecule has 1 fully saturated rings. The van der Waals surface area contributed by atoms with Gasteiger partial charge in [-0.05, 0) is 6.42 Å². The zero-order valence-corrected chi connectivity index (χ0v) is 7.87. The number of esters is 1. The van der Waals surface area contributed by atoms with E-state index in [4.69, 9.17) is 9.84 Å². The van der Waals surface area contributed by atoms with E-state index in [2.05, 4.69) is 0 Å². The Labute approximate surface area is 76.9 Å². The molecule has 1 saturated heterocycles. The summed E-state index contributed by atoms with van der Waals surface area (Å²) in [5.41, 5.74) is -0.216. The summed E-state index contributed by atoms with van der Waals surface area (Å²) in [7, 11) is 0. The van der Waals surface area contributed by atoms with Crippen molar-refractivity contribution in [3.63, 3.8) is 0 Å². The van der Waals surface area contributed by atoms with Gasteiger partial charge in [-0.3, -0.25) is 9.59 Å². The van der Waals surface area contributed by atoms with Crippen molar-refractivity contribution in [3.8, 4) is 0 Å². The van der Waals surface area contributed by atoms with E-state index >= 15 is 0 Å². The van der Waals surface area contributed by atoms with E-state index in [1.54, 1.807) is 0 Å². The van der Waals surface area contributed by atoms with Crippen LogP contribution in [0.2, 0.25) is 0 Å². The fourth-order valence-corrected chi connectivity index (χ4v) is 1.55. The highest BCUT2D eigenvalue weighted by Crippen LogP contribution is 2.37. The quantitative estimate of drug-likeness (QED) is 0.669. The topological polar surface area (TPSA) is 63.6 Å². The summed E-state index contributed by atoms with van der Waals surface area (Å²) >= 11 is 0. The number of carbonyl (C=O) groups excluding carboxylic acids is 1. The monoisotopic (exact) mass is 186 g/mol. The maximum Gasteiger partial charge on any atom is 0.309 e. The summed E-state index contributed by atoms with van der Waals surface area (Å²) in [4.78, 5) is 21.5. The van der Waals surface area contributed by atoms with Crippen LogP contribution in [-0.2, 0) is 14.3 Å². The lowest BCUT2D eigenvalue weighted by molar-refractivity contribution is -0.142. The second kappa shape index (κ2) is 3.36. The molecule has 0 radical (unpaired) electrons. The summed E-state index contributed by atoms with van der Waals surface area (Å²) in [6.07, 6.45) is 0.407. The van der Waals surface area contributed by atoms with Gasteiger partial charge < -0.3 is 9.84 Å². The van der Waals surface area contributed by atoms with Gasteiger partial charge in [0.25, 0.3) is 0 Å². The van der Waals surface area contributed by atoms with E-state index in [0.717, 1.165) is 0 Å². The van der Waals surface area contributed by atoms with Gasteiger partial charge in [0, 0.05) is 11.8 Å². The minimum absolute atomic E-state index is 0.0309. The zero-order chi connectivity index (χ0) is 10.1. The number of hydrogen-bond donors (Lipinski definition) is 1. The molecule has 4 nitrogen and oxygen atoms in total. The van der Waals surface area contributed by atoms with E-state index in [-0.39, 0.29) is 23.7 Å². The van der Waals surface area contributed by atoms with E-state index in [1.165, 1.54) is 0 Å². The molecule has 0 aromatic heterocycles. The highest BCUT2D eigenvalue weighted by Gasteiger charge is 2.43. The molecule has 0 bridgehead atoms. The van der Waals surface area contributed by atoms with Gasteiger partial charge in [-0.2, -0.15) is 0 Å². The van der Waals surface area contributed by atoms with Crippen LogP contribution in [0, 0.1) is 11.3 Å². The van der Waals surface area contributed by atoms with Gasteiger partial charge in [-0.25, -0.2) is 0 Å². The van der Waals surface area contributed by atoms with Gasteiger partial charge in [0.15, 0.2) is 0 Å². The van der Waals surface area contributed by atoms with E-state index < -0.39 is 5.97 Å². The van der Waals surface area contributed by atoms with Crippen LogP contribution in [0.3, 0.4) is 0 Å². The standard InChI is InChI=1S/C9H14O4/c1-9(2)5-13-8(12)6(9)3-4-7(10)11/h6H,3-5H2,1-2H3,(H,10,11). The molecule has 1 atom stereocenters. The average molecular weight is 186 g/mol. The highest BCUT2D eigenvalue weighted by molar-refractivity contribution is 5.76. The molecular weight excluding hydrogens is 172 g/mol. The summed E-state index contributed by atoms with van der Waals surface area (Å²) in [6.45, 7) is 4.24. The maximum absolute atomic E-state index is 11.2. The van der Waals surface area contributed by atoms with Crippen molar-refractivity contribution in [3.05, 3.63) is 0 Å². The van der Waals surface area contributed by atoms with Gasteiger partial charge in [0.2, 0.25) is 0 Å². The first kappa shape index (κ1) is 10.0. The van der Waals surface area contributed by atoms with Crippen LogP contribution in [0.4, 0.5) is 0 Å². The molecule has 1 heterocycles. The summed E-state index contributed by atoms with van der Waals surface area (Å²) in [6, 6.07) is 0. The Morgan fingerprint density at radius 3 is 2.69 bits per heavy atom. The molecular formula is C9H14O4. The van der Waals surface area contributed by atoms with Crippen molar-refractivity contribution in [2.75, 3.05) is 6.61 Å². The van der Waals surface area contributed by atoms with Crippen molar-refractivity contribution >= 4 is 11.9 Å². The van der Waals surface area contributed by atoms with Crippen LogP contribution in [0.1, 0.15) is 26.7 Å². The molecule has 0 aromatic carbocycles. The van der Waals surface area contributed by atoms with Crippen molar-refractivity contribution in [1.82, 2.24) is 0 Å². The molecule has 4 heteroatoms. The molecule has 13 heavy (non-hydrogen) atoms. The smallest absolute Gasteiger partial charge is 0.309 e. The number of carboxylic acid groups (broad SMARTS) is 1. The van der Waals surface area contributed by atoms with Crippen LogP contribution in [0.5, 0.6) is 0 Å². The number of carboxylic acids is 1. The zero-order valence-electron chi connectivity index (χ0n) is 7.87. The predicted molar refractivity (Wildman–Crippen MR) is 45.1 cm³/mol. The van der Waals surface area contributed by atoms with Crippen molar-refractivity contribution in [2.24, 2.45) is 11.3 Å². The molecule has 0 aliphatic carbocycles. The number of aliphatic carboxylic acids is 1. The molecule has 0 amide bonds. The van der Waals surface area contributed by atoms with Gasteiger partial charge in [0.05, 0.1) is 12.5 Å². The van der Waals surface area contributed by atoms with Crippen LogP contribution in [0.25, 0.3) is 0 Å². The van der Waals surface area contributed by atoms with Gasteiger partial charge >= 0.3 is 11.9 Å². The summed E-state index contributed by atoms with van der Waals surface area (Å²) in [5, 5.41) is 8.48. The Balaban J connectivity index is 2.56. The minimum atomic E-state index is -0.865. The first-order valence-electron chi connectivity index (χ1n) is 4.32. The second-order valence-electron chi connectivity index (χ2n) is 4.08. The Kier molecular flexibility index (Phi) is 2.59. The molecule has 1 aliphatic heterocycles. The fraction of sp³-hybridized carbons (Fsp3) is 0.778. The molecule has 0 saturated carbocycles. The fourth-order valence-electron chi connectivity index (χ4n) is 1.55. The molecule has 1 N–H and O–H groups in total. The van der Waals surface area contributed by atoms with Crippen LogP contribution in [0.15, 0.2) is 0 Å². The molecule has 1 unspecified atom stereocenters. The molecule has 1 aliphatic rings. The average Bonchev–Trinajstić information content (AvgIpc) is 2.23. The molecule has 0 spiro atoms. The minimum Gasteiger partial charge on any atom is -0.481 e. The lowest BCUT2D eigenvalue weighted by atomic mass is 9.79. The van der Waals surface area contributed by atoms with E-state index in [1.807, 2.05) is 13.8 Å². The summed E-state index contributed by atoms with van der Waals surface area (Å²) < 4.78 is 4.88. The van der Waals surface area contributed by atoms with Crippen molar-refractivity contribution < 1.29 is 19.4 Å². The molecule has 74 valence electrons. The first-order valence-corrected chi connectivity index (χ1v) is 4.32. The Morgan fingerprint density at radius 1 is 1.69 bits per heavy atom. The number of carbonyl (C=O) groups is 2. The largest absolute Gasteiger partial charge is 0.481 e. The lowest BCUT2D eigenvalue weighted by Crippen LogP contribution is -2.24. The third kappa shape index (κ3) is 2.20. The number of hydrogen-bond acceptors (Lipinski definition) is 3. The summed E-state index contributed by atoms with van der Waals surface area (Å²) in [5.74, 6) is -1.38. The van der Waals surface area contributed by atoms with E-state index in [9.17, 15) is 9.59 Å². The SMILES string of the molecule is CC1(C)COC(=O)C1CCC(=O)O. The second-order valence-corrected chi connectivity index (χ2v) is 4.08. The first-order chi connectivity index (χ1) is 5.93. The van der Waals surface area contributed by atoms with E-state index in [0.29, 0.717) is 13.0 Å². The normalized spacial score (nSPS) is 25.7. The van der Waals surface area contributed by atoms with Gasteiger partial charge in [0.1, 0.15) is 0 Å². The van der Waals surface area contributed by atoms with Crippen molar-refractivity contribution in [1.29, 1.82) is 0 Å². The van der Waals surface area contributed by atoms with Crippen LogP contribution in [-0.4, -0.2) is 23.7 Å². The van der Waals surface area contributed by atoms with Crippen LogP contribution >= 0.6 is 0 Å². The number of cyclic esters (lactones) is 1. The predicted octanol–water partition coefficient (Wildman–Crippen LogP) is 1.05. The van der Waals surface area contributed by atoms with Gasteiger partial charge in [-0.15, -0.1) is 0 Å². The lowest BCUT2D eigenvalue weighted by Gasteiger charge is -2.20. The Hall–Kier alpha value is -1.06.